The normalized spacial score (nSPS) is 10.2. The molecule has 1 aromatic carbocycles. The van der Waals surface area contributed by atoms with Crippen LogP contribution in [-0.4, -0.2) is 23.8 Å². The first kappa shape index (κ1) is 13.0. The van der Waals surface area contributed by atoms with Crippen LogP contribution < -0.4 is 0 Å². The van der Waals surface area contributed by atoms with Gasteiger partial charge in [-0.15, -0.1) is 0 Å². The maximum absolute atomic E-state index is 11.9. The molecule has 19 heavy (non-hydrogen) atoms. The Labute approximate surface area is 110 Å². The average molecular weight is 255 g/mol. The van der Waals surface area contributed by atoms with Crippen molar-refractivity contribution in [1.29, 1.82) is 0 Å². The molecule has 0 fully saturated rings. The van der Waals surface area contributed by atoms with Crippen molar-refractivity contribution in [2.75, 3.05) is 7.11 Å². The highest BCUT2D eigenvalue weighted by Crippen LogP contribution is 2.17. The minimum Gasteiger partial charge on any atom is -0.465 e. The number of nitrogens with zero attached hydrogens (tertiary/aromatic N) is 1. The number of aromatic nitrogens is 1. The molecule has 0 aliphatic heterocycles. The van der Waals surface area contributed by atoms with Crippen molar-refractivity contribution in [3.8, 4) is 0 Å². The van der Waals surface area contributed by atoms with E-state index in [-0.39, 0.29) is 17.8 Å². The Hall–Kier alpha value is -2.49. The first-order chi connectivity index (χ1) is 9.13. The first-order valence-corrected chi connectivity index (χ1v) is 5.76. The summed E-state index contributed by atoms with van der Waals surface area (Å²) in [5.74, 6) is -1.08. The van der Waals surface area contributed by atoms with Gasteiger partial charge in [-0.1, -0.05) is 30.8 Å². The lowest BCUT2D eigenvalue weighted by molar-refractivity contribution is -0.137. The van der Waals surface area contributed by atoms with Gasteiger partial charge in [0.2, 0.25) is 0 Å². The maximum atomic E-state index is 11.9. The van der Waals surface area contributed by atoms with E-state index in [2.05, 4.69) is 16.3 Å². The zero-order chi connectivity index (χ0) is 13.8. The van der Waals surface area contributed by atoms with Crippen LogP contribution >= 0.6 is 0 Å². The molecule has 0 N–H and O–H groups in total. The Balaban J connectivity index is 2.29. The minimum atomic E-state index is -0.703. The standard InChI is InChI=1S/C15H13NO3/c1-10(15(18)19-2)14(17)9-13-12-6-4-3-5-11(12)7-8-16-13/h3-8H,1,9H2,2H3. The number of ether oxygens (including phenoxy) is 1. The number of hydrogen-bond acceptors (Lipinski definition) is 4. The number of ketones is 1. The van der Waals surface area contributed by atoms with Crippen molar-refractivity contribution in [2.24, 2.45) is 0 Å². The van der Waals surface area contributed by atoms with Crippen LogP contribution in [0.1, 0.15) is 5.69 Å². The largest absolute Gasteiger partial charge is 0.465 e. The predicted molar refractivity (Wildman–Crippen MR) is 71.6 cm³/mol. The van der Waals surface area contributed by atoms with Crippen LogP contribution in [0.3, 0.4) is 0 Å². The van der Waals surface area contributed by atoms with Gasteiger partial charge in [0, 0.05) is 11.6 Å². The molecule has 96 valence electrons. The summed E-state index contributed by atoms with van der Waals surface area (Å²) in [7, 11) is 1.22. The molecule has 2 aromatic rings. The number of pyridine rings is 1. The van der Waals surface area contributed by atoms with Gasteiger partial charge in [0.25, 0.3) is 0 Å². The van der Waals surface area contributed by atoms with E-state index in [0.29, 0.717) is 5.69 Å². The highest BCUT2D eigenvalue weighted by atomic mass is 16.5. The molecule has 2 rings (SSSR count). The molecule has 1 heterocycles. The first-order valence-electron chi connectivity index (χ1n) is 5.76. The molecular weight excluding hydrogens is 242 g/mol. The molecule has 0 aliphatic carbocycles. The second-order valence-electron chi connectivity index (χ2n) is 4.05. The van der Waals surface area contributed by atoms with Crippen LogP contribution in [0.2, 0.25) is 0 Å². The smallest absolute Gasteiger partial charge is 0.340 e. The topological polar surface area (TPSA) is 56.3 Å². The van der Waals surface area contributed by atoms with Gasteiger partial charge < -0.3 is 4.74 Å². The number of carbonyl (C=O) groups excluding carboxylic acids is 2. The number of rotatable bonds is 4. The molecule has 4 nitrogen and oxygen atoms in total. The van der Waals surface area contributed by atoms with E-state index >= 15 is 0 Å². The molecule has 0 saturated heterocycles. The zero-order valence-electron chi connectivity index (χ0n) is 10.6. The van der Waals surface area contributed by atoms with Gasteiger partial charge in [-0.25, -0.2) is 4.79 Å². The van der Waals surface area contributed by atoms with Crippen LogP contribution in [0.25, 0.3) is 10.8 Å². The number of Topliss-reactive ketones (excluding diaryl/α,β-unsaturated/α-hetero) is 1. The predicted octanol–water partition coefficient (Wildman–Crippen LogP) is 2.08. The monoisotopic (exact) mass is 255 g/mol. The van der Waals surface area contributed by atoms with E-state index in [1.165, 1.54) is 7.11 Å². The summed E-state index contributed by atoms with van der Waals surface area (Å²) in [6.07, 6.45) is 1.68. The Morgan fingerprint density at radius 2 is 2.00 bits per heavy atom. The molecule has 0 aliphatic rings. The van der Waals surface area contributed by atoms with Gasteiger partial charge in [-0.3, -0.25) is 9.78 Å². The van der Waals surface area contributed by atoms with Crippen molar-refractivity contribution in [1.82, 2.24) is 4.98 Å². The third-order valence-corrected chi connectivity index (χ3v) is 2.85. The molecule has 0 saturated carbocycles. The Bertz CT molecular complexity index is 656. The molecule has 4 heteroatoms. The van der Waals surface area contributed by atoms with Crippen molar-refractivity contribution in [2.45, 2.75) is 6.42 Å². The van der Waals surface area contributed by atoms with Gasteiger partial charge in [-0.05, 0) is 11.5 Å². The summed E-state index contributed by atoms with van der Waals surface area (Å²) in [6.45, 7) is 3.45. The lowest BCUT2D eigenvalue weighted by Crippen LogP contribution is -2.16. The van der Waals surface area contributed by atoms with E-state index in [9.17, 15) is 9.59 Å². The molecule has 0 bridgehead atoms. The van der Waals surface area contributed by atoms with Crippen LogP contribution in [0.15, 0.2) is 48.7 Å². The SMILES string of the molecule is C=C(C(=O)Cc1nccc2ccccc12)C(=O)OC. The molecular formula is C15H13NO3. The molecule has 0 unspecified atom stereocenters. The number of hydrogen-bond donors (Lipinski definition) is 0. The molecule has 0 amide bonds. The number of methoxy groups -OCH3 is 1. The third kappa shape index (κ3) is 2.68. The summed E-state index contributed by atoms with van der Waals surface area (Å²) in [4.78, 5) is 27.4. The quantitative estimate of drug-likeness (QED) is 0.363. The van der Waals surface area contributed by atoms with E-state index in [1.54, 1.807) is 6.20 Å². The van der Waals surface area contributed by atoms with Crippen molar-refractivity contribution < 1.29 is 14.3 Å². The highest BCUT2D eigenvalue weighted by molar-refractivity contribution is 6.17. The fraction of sp³-hybridized carbons (Fsp3) is 0.133. The highest BCUT2D eigenvalue weighted by Gasteiger charge is 2.17. The minimum absolute atomic E-state index is 0.0370. The van der Waals surface area contributed by atoms with Gasteiger partial charge in [0.15, 0.2) is 5.78 Å². The van der Waals surface area contributed by atoms with E-state index < -0.39 is 5.97 Å². The average Bonchev–Trinajstić information content (AvgIpc) is 2.46. The fourth-order valence-electron chi connectivity index (χ4n) is 1.82. The van der Waals surface area contributed by atoms with Crippen LogP contribution in [-0.2, 0) is 20.7 Å². The number of carbonyl (C=O) groups is 2. The van der Waals surface area contributed by atoms with E-state index in [0.717, 1.165) is 10.8 Å². The van der Waals surface area contributed by atoms with Gasteiger partial charge >= 0.3 is 5.97 Å². The molecule has 0 radical (unpaired) electrons. The summed E-state index contributed by atoms with van der Waals surface area (Å²) < 4.78 is 4.48. The lowest BCUT2D eigenvalue weighted by atomic mass is 10.0. The number of fused-ring (bicyclic) bond motifs is 1. The van der Waals surface area contributed by atoms with Crippen molar-refractivity contribution >= 4 is 22.5 Å². The summed E-state index contributed by atoms with van der Waals surface area (Å²) in [5, 5.41) is 1.90. The zero-order valence-corrected chi connectivity index (χ0v) is 10.6. The Morgan fingerprint density at radius 3 is 2.74 bits per heavy atom. The van der Waals surface area contributed by atoms with Gasteiger partial charge in [0.05, 0.1) is 24.8 Å². The molecule has 1 aromatic heterocycles. The van der Waals surface area contributed by atoms with Crippen molar-refractivity contribution in [3.05, 3.63) is 54.4 Å². The fourth-order valence-corrected chi connectivity index (χ4v) is 1.82. The maximum Gasteiger partial charge on any atom is 0.340 e. The number of esters is 1. The third-order valence-electron chi connectivity index (χ3n) is 2.85. The number of benzene rings is 1. The lowest BCUT2D eigenvalue weighted by Gasteiger charge is -2.05. The summed E-state index contributed by atoms with van der Waals surface area (Å²) in [5.41, 5.74) is 0.477. The van der Waals surface area contributed by atoms with Crippen LogP contribution in [0, 0.1) is 0 Å². The molecule has 0 spiro atoms. The second-order valence-corrected chi connectivity index (χ2v) is 4.05. The second kappa shape index (κ2) is 5.44. The summed E-state index contributed by atoms with van der Waals surface area (Å²) in [6, 6.07) is 9.51. The Morgan fingerprint density at radius 1 is 1.26 bits per heavy atom. The van der Waals surface area contributed by atoms with E-state index in [4.69, 9.17) is 0 Å². The van der Waals surface area contributed by atoms with Crippen LogP contribution in [0.5, 0.6) is 0 Å². The van der Waals surface area contributed by atoms with Gasteiger partial charge in [-0.2, -0.15) is 0 Å². The van der Waals surface area contributed by atoms with Crippen LogP contribution in [0.4, 0.5) is 0 Å². The Kier molecular flexibility index (Phi) is 3.71. The summed E-state index contributed by atoms with van der Waals surface area (Å²) >= 11 is 0. The van der Waals surface area contributed by atoms with Gasteiger partial charge in [0.1, 0.15) is 0 Å². The molecule has 0 atom stereocenters. The van der Waals surface area contributed by atoms with Crippen molar-refractivity contribution in [3.63, 3.8) is 0 Å². The van der Waals surface area contributed by atoms with E-state index in [1.807, 2.05) is 30.3 Å².